The lowest BCUT2D eigenvalue weighted by molar-refractivity contribution is -0.000913. The molecule has 0 bridgehead atoms. The fraction of sp³-hybridized carbons (Fsp3) is 0.727. The Morgan fingerprint density at radius 3 is 2.85 bits per heavy atom. The number of nitrogens with two attached hydrogens (primary N) is 1. The summed E-state index contributed by atoms with van der Waals surface area (Å²) < 4.78 is 11.6. The molecule has 0 radical (unpaired) electrons. The van der Waals surface area contributed by atoms with Gasteiger partial charge in [-0.25, -0.2) is 0 Å². The SMILES string of the molecule is CCCCOCCO[C@@H]1CCc2cc([C@H]3CC[C@](N)(CO)C3)ccc2C1. The molecular formula is C22H35NO3. The fourth-order valence-electron chi connectivity index (χ4n) is 4.34. The zero-order valence-electron chi connectivity index (χ0n) is 16.2. The number of hydrogen-bond donors (Lipinski definition) is 2. The third-order valence-corrected chi connectivity index (χ3v) is 6.07. The van der Waals surface area contributed by atoms with Crippen molar-refractivity contribution in [2.75, 3.05) is 26.4 Å². The lowest BCUT2D eigenvalue weighted by atomic mass is 9.85. The number of rotatable bonds is 9. The van der Waals surface area contributed by atoms with E-state index in [1.165, 1.54) is 23.1 Å². The summed E-state index contributed by atoms with van der Waals surface area (Å²) in [6, 6.07) is 6.93. The van der Waals surface area contributed by atoms with Crippen LogP contribution in [-0.2, 0) is 22.3 Å². The molecule has 2 aliphatic rings. The summed E-state index contributed by atoms with van der Waals surface area (Å²) in [4.78, 5) is 0. The van der Waals surface area contributed by atoms with E-state index in [1.807, 2.05) is 0 Å². The Morgan fingerprint density at radius 2 is 2.08 bits per heavy atom. The Morgan fingerprint density at radius 1 is 1.19 bits per heavy atom. The first-order valence-electron chi connectivity index (χ1n) is 10.3. The molecule has 4 nitrogen and oxygen atoms in total. The minimum absolute atomic E-state index is 0.0929. The number of ether oxygens (including phenoxy) is 2. The second kappa shape index (κ2) is 9.32. The summed E-state index contributed by atoms with van der Waals surface area (Å²) in [5.74, 6) is 0.492. The average Bonchev–Trinajstić information content (AvgIpc) is 3.07. The van der Waals surface area contributed by atoms with Gasteiger partial charge in [0.15, 0.2) is 0 Å². The average molecular weight is 362 g/mol. The van der Waals surface area contributed by atoms with Crippen LogP contribution < -0.4 is 5.73 Å². The largest absolute Gasteiger partial charge is 0.394 e. The predicted molar refractivity (Wildman–Crippen MR) is 105 cm³/mol. The van der Waals surface area contributed by atoms with E-state index in [-0.39, 0.29) is 12.1 Å². The van der Waals surface area contributed by atoms with Gasteiger partial charge in [0.1, 0.15) is 0 Å². The van der Waals surface area contributed by atoms with Crippen LogP contribution in [0.3, 0.4) is 0 Å². The van der Waals surface area contributed by atoms with Crippen molar-refractivity contribution in [3.8, 4) is 0 Å². The highest BCUT2D eigenvalue weighted by molar-refractivity contribution is 5.36. The van der Waals surface area contributed by atoms with Gasteiger partial charge in [0.25, 0.3) is 0 Å². The summed E-state index contributed by atoms with van der Waals surface area (Å²) in [6.45, 7) is 4.52. The lowest BCUT2D eigenvalue weighted by Crippen LogP contribution is -2.40. The molecule has 1 aromatic carbocycles. The number of unbranched alkanes of at least 4 members (excludes halogenated alkanes) is 1. The maximum Gasteiger partial charge on any atom is 0.0704 e. The van der Waals surface area contributed by atoms with E-state index in [4.69, 9.17) is 15.2 Å². The summed E-state index contributed by atoms with van der Waals surface area (Å²) >= 11 is 0. The van der Waals surface area contributed by atoms with Gasteiger partial charge in [-0.2, -0.15) is 0 Å². The smallest absolute Gasteiger partial charge is 0.0704 e. The molecule has 1 aromatic rings. The molecule has 26 heavy (non-hydrogen) atoms. The van der Waals surface area contributed by atoms with Gasteiger partial charge in [-0.15, -0.1) is 0 Å². The number of hydrogen-bond acceptors (Lipinski definition) is 4. The molecule has 0 unspecified atom stereocenters. The lowest BCUT2D eigenvalue weighted by Gasteiger charge is -2.26. The van der Waals surface area contributed by atoms with Crippen LogP contribution in [0.25, 0.3) is 0 Å². The summed E-state index contributed by atoms with van der Waals surface area (Å²) in [6.07, 6.45) is 8.71. The summed E-state index contributed by atoms with van der Waals surface area (Å²) in [5, 5.41) is 9.49. The first-order chi connectivity index (χ1) is 12.6. The normalized spacial score (nSPS) is 28.3. The second-order valence-corrected chi connectivity index (χ2v) is 8.19. The minimum Gasteiger partial charge on any atom is -0.394 e. The van der Waals surface area contributed by atoms with Gasteiger partial charge < -0.3 is 20.3 Å². The Labute approximate surface area is 158 Å². The molecule has 4 heteroatoms. The quantitative estimate of drug-likeness (QED) is 0.662. The van der Waals surface area contributed by atoms with Crippen molar-refractivity contribution >= 4 is 0 Å². The van der Waals surface area contributed by atoms with E-state index >= 15 is 0 Å². The Hall–Kier alpha value is -0.940. The highest BCUT2D eigenvalue weighted by Crippen LogP contribution is 2.40. The molecule has 3 rings (SSSR count). The molecule has 0 aromatic heterocycles. The zero-order chi connectivity index (χ0) is 18.4. The zero-order valence-corrected chi connectivity index (χ0v) is 16.2. The number of fused-ring (bicyclic) bond motifs is 1. The third kappa shape index (κ3) is 5.07. The highest BCUT2D eigenvalue weighted by atomic mass is 16.5. The van der Waals surface area contributed by atoms with E-state index in [0.29, 0.717) is 25.2 Å². The van der Waals surface area contributed by atoms with Crippen molar-refractivity contribution < 1.29 is 14.6 Å². The van der Waals surface area contributed by atoms with Crippen LogP contribution in [0.2, 0.25) is 0 Å². The molecule has 0 spiro atoms. The third-order valence-electron chi connectivity index (χ3n) is 6.07. The van der Waals surface area contributed by atoms with Crippen LogP contribution in [0, 0.1) is 0 Å². The molecular weight excluding hydrogens is 326 g/mol. The van der Waals surface area contributed by atoms with E-state index in [1.54, 1.807) is 0 Å². The first kappa shape index (κ1) is 19.8. The van der Waals surface area contributed by atoms with Gasteiger partial charge in [-0.3, -0.25) is 0 Å². The fourth-order valence-corrected chi connectivity index (χ4v) is 4.34. The van der Waals surface area contributed by atoms with Crippen molar-refractivity contribution in [1.29, 1.82) is 0 Å². The predicted octanol–water partition coefficient (Wildman–Crippen LogP) is 3.33. The number of aryl methyl sites for hydroxylation is 1. The van der Waals surface area contributed by atoms with Gasteiger partial charge in [-0.05, 0) is 67.6 Å². The monoisotopic (exact) mass is 361 g/mol. The van der Waals surface area contributed by atoms with Gasteiger partial charge in [0.2, 0.25) is 0 Å². The summed E-state index contributed by atoms with van der Waals surface area (Å²) in [5.41, 5.74) is 10.2. The number of aliphatic hydroxyl groups excluding tert-OH is 1. The molecule has 0 heterocycles. The molecule has 2 aliphatic carbocycles. The van der Waals surface area contributed by atoms with Crippen LogP contribution in [0.1, 0.15) is 68.1 Å². The Kier molecular flexibility index (Phi) is 7.10. The van der Waals surface area contributed by atoms with E-state index in [0.717, 1.165) is 51.6 Å². The first-order valence-corrected chi connectivity index (χ1v) is 10.3. The van der Waals surface area contributed by atoms with Gasteiger partial charge in [0, 0.05) is 12.1 Å². The number of benzene rings is 1. The maximum atomic E-state index is 9.49. The Balaban J connectivity index is 1.48. The van der Waals surface area contributed by atoms with Crippen LogP contribution in [0.4, 0.5) is 0 Å². The van der Waals surface area contributed by atoms with E-state index in [2.05, 4.69) is 25.1 Å². The standard InChI is InChI=1S/C22H35NO3/c1-2-3-10-25-11-12-26-21-7-6-17-13-18(4-5-19(17)14-21)20-8-9-22(23,15-20)16-24/h4-5,13,20-21,24H,2-3,6-12,14-16,23H2,1H3/t20-,21+,22+/m0/s1. The molecule has 0 saturated heterocycles. The second-order valence-electron chi connectivity index (χ2n) is 8.19. The Bertz CT molecular complexity index is 577. The molecule has 1 fully saturated rings. The topological polar surface area (TPSA) is 64.7 Å². The molecule has 3 N–H and O–H groups in total. The van der Waals surface area contributed by atoms with Crippen molar-refractivity contribution in [2.24, 2.45) is 5.73 Å². The highest BCUT2D eigenvalue weighted by Gasteiger charge is 2.36. The van der Waals surface area contributed by atoms with Crippen molar-refractivity contribution in [3.05, 3.63) is 34.9 Å². The van der Waals surface area contributed by atoms with E-state index < -0.39 is 0 Å². The van der Waals surface area contributed by atoms with Crippen molar-refractivity contribution in [3.63, 3.8) is 0 Å². The van der Waals surface area contributed by atoms with Crippen molar-refractivity contribution in [1.82, 2.24) is 0 Å². The molecule has 1 saturated carbocycles. The van der Waals surface area contributed by atoms with Gasteiger partial charge >= 0.3 is 0 Å². The molecule has 0 aliphatic heterocycles. The van der Waals surface area contributed by atoms with Crippen molar-refractivity contribution in [2.45, 2.75) is 75.9 Å². The molecule has 146 valence electrons. The van der Waals surface area contributed by atoms with Crippen LogP contribution in [0.5, 0.6) is 0 Å². The maximum absolute atomic E-state index is 9.49. The van der Waals surface area contributed by atoms with E-state index in [9.17, 15) is 5.11 Å². The minimum atomic E-state index is -0.376. The number of aliphatic hydroxyl groups is 1. The van der Waals surface area contributed by atoms with Gasteiger partial charge in [0.05, 0.1) is 25.9 Å². The molecule has 3 atom stereocenters. The van der Waals surface area contributed by atoms with Gasteiger partial charge in [-0.1, -0.05) is 31.5 Å². The van der Waals surface area contributed by atoms with Crippen LogP contribution in [-0.4, -0.2) is 43.2 Å². The molecule has 0 amide bonds. The summed E-state index contributed by atoms with van der Waals surface area (Å²) in [7, 11) is 0. The van der Waals surface area contributed by atoms with Crippen LogP contribution in [0.15, 0.2) is 18.2 Å². The van der Waals surface area contributed by atoms with Crippen LogP contribution >= 0.6 is 0 Å².